The molecule has 0 unspecified atom stereocenters. The molecule has 3 rings (SSSR count). The molecule has 2 N–H and O–H groups in total. The number of carbonyl (C=O) groups is 1. The second-order valence-electron chi connectivity index (χ2n) is 5.71. The predicted molar refractivity (Wildman–Crippen MR) is 102 cm³/mol. The van der Waals surface area contributed by atoms with E-state index in [1.54, 1.807) is 12.1 Å². The van der Waals surface area contributed by atoms with Gasteiger partial charge in [-0.05, 0) is 62.4 Å². The molecule has 0 saturated heterocycles. The molecule has 1 heterocycles. The van der Waals surface area contributed by atoms with Crippen LogP contribution in [0.25, 0.3) is 0 Å². The molecule has 6 nitrogen and oxygen atoms in total. The molecule has 0 aliphatic heterocycles. The van der Waals surface area contributed by atoms with Crippen LogP contribution in [0.15, 0.2) is 60.7 Å². The molecule has 2 aromatic carbocycles. The first-order chi connectivity index (χ1) is 12.6. The molecule has 3 aromatic rings. The Kier molecular flexibility index (Phi) is 5.43. The highest BCUT2D eigenvalue weighted by molar-refractivity contribution is 6.02. The molecule has 0 aliphatic carbocycles. The highest BCUT2D eigenvalue weighted by Gasteiger charge is 2.09. The number of hydrogen-bond acceptors (Lipinski definition) is 5. The first kappa shape index (κ1) is 17.4. The monoisotopic (exact) mass is 348 g/mol. The van der Waals surface area contributed by atoms with Gasteiger partial charge in [0, 0.05) is 11.4 Å². The normalized spacial score (nSPS) is 10.2. The lowest BCUT2D eigenvalue weighted by Crippen LogP contribution is -2.14. The van der Waals surface area contributed by atoms with Gasteiger partial charge in [-0.25, -0.2) is 0 Å². The van der Waals surface area contributed by atoms with Gasteiger partial charge in [0.05, 0.1) is 6.61 Å². The lowest BCUT2D eigenvalue weighted by Gasteiger charge is -2.08. The Bertz CT molecular complexity index is 860. The Morgan fingerprint density at radius 1 is 0.923 bits per heavy atom. The van der Waals surface area contributed by atoms with Crippen LogP contribution in [0, 0.1) is 6.92 Å². The van der Waals surface area contributed by atoms with Gasteiger partial charge in [-0.3, -0.25) is 4.79 Å². The Morgan fingerprint density at radius 3 is 2.23 bits per heavy atom. The molecule has 0 bridgehead atoms. The number of amides is 1. The van der Waals surface area contributed by atoms with Crippen molar-refractivity contribution in [2.75, 3.05) is 17.2 Å². The van der Waals surface area contributed by atoms with Crippen LogP contribution in [0.2, 0.25) is 0 Å². The zero-order valence-corrected chi connectivity index (χ0v) is 14.7. The van der Waals surface area contributed by atoms with Crippen molar-refractivity contribution in [1.82, 2.24) is 10.2 Å². The first-order valence-electron chi connectivity index (χ1n) is 8.35. The molecular formula is C20H20N4O2. The third kappa shape index (κ3) is 4.57. The molecule has 6 heteroatoms. The second-order valence-corrected chi connectivity index (χ2v) is 5.71. The summed E-state index contributed by atoms with van der Waals surface area (Å²) in [5.74, 6) is 1.07. The molecule has 1 amide bonds. The maximum absolute atomic E-state index is 12.2. The molecule has 132 valence electrons. The molecule has 0 radical (unpaired) electrons. The van der Waals surface area contributed by atoms with Crippen LogP contribution < -0.4 is 15.4 Å². The number of aryl methyl sites for hydroxylation is 1. The maximum Gasteiger partial charge on any atom is 0.276 e. The smallest absolute Gasteiger partial charge is 0.276 e. The van der Waals surface area contributed by atoms with E-state index in [9.17, 15) is 4.79 Å². The minimum atomic E-state index is -0.297. The number of nitrogens with zero attached hydrogens (tertiary/aromatic N) is 2. The molecule has 1 aromatic heterocycles. The van der Waals surface area contributed by atoms with Crippen molar-refractivity contribution in [3.05, 3.63) is 71.9 Å². The van der Waals surface area contributed by atoms with Gasteiger partial charge in [-0.2, -0.15) is 0 Å². The van der Waals surface area contributed by atoms with Crippen molar-refractivity contribution >= 4 is 23.1 Å². The standard InChI is InChI=1S/C20H20N4O2/c1-3-26-17-10-8-15(9-11-17)21-19-13-12-18(23-24-19)20(25)22-16-6-4-14(2)5-7-16/h4-13H,3H2,1-2H3,(H,21,24)(H,22,25). The number of rotatable bonds is 6. The van der Waals surface area contributed by atoms with Crippen LogP contribution in [0.4, 0.5) is 17.2 Å². The van der Waals surface area contributed by atoms with Crippen molar-refractivity contribution in [3.8, 4) is 5.75 Å². The van der Waals surface area contributed by atoms with Gasteiger partial charge in [0.2, 0.25) is 0 Å². The Labute approximate surface area is 152 Å². The summed E-state index contributed by atoms with van der Waals surface area (Å²) in [4.78, 5) is 12.2. The minimum Gasteiger partial charge on any atom is -0.494 e. The minimum absolute atomic E-state index is 0.253. The lowest BCUT2D eigenvalue weighted by atomic mass is 10.2. The summed E-state index contributed by atoms with van der Waals surface area (Å²) in [6.45, 7) is 4.57. The molecule has 0 fully saturated rings. The number of ether oxygens (including phenoxy) is 1. The number of hydrogen-bond donors (Lipinski definition) is 2. The lowest BCUT2D eigenvalue weighted by molar-refractivity contribution is 0.102. The average molecular weight is 348 g/mol. The summed E-state index contributed by atoms with van der Waals surface area (Å²) in [7, 11) is 0. The summed E-state index contributed by atoms with van der Waals surface area (Å²) in [5.41, 5.74) is 2.97. The van der Waals surface area contributed by atoms with Crippen molar-refractivity contribution in [2.45, 2.75) is 13.8 Å². The highest BCUT2D eigenvalue weighted by Crippen LogP contribution is 2.19. The van der Waals surface area contributed by atoms with E-state index in [1.165, 1.54) is 0 Å². The van der Waals surface area contributed by atoms with E-state index in [0.717, 1.165) is 22.7 Å². The highest BCUT2D eigenvalue weighted by atomic mass is 16.5. The van der Waals surface area contributed by atoms with E-state index in [4.69, 9.17) is 4.74 Å². The van der Waals surface area contributed by atoms with Gasteiger partial charge in [0.1, 0.15) is 5.75 Å². The fraction of sp³-hybridized carbons (Fsp3) is 0.150. The fourth-order valence-electron chi connectivity index (χ4n) is 2.30. The van der Waals surface area contributed by atoms with E-state index in [0.29, 0.717) is 12.4 Å². The zero-order valence-electron chi connectivity index (χ0n) is 14.7. The number of nitrogens with one attached hydrogen (secondary N) is 2. The van der Waals surface area contributed by atoms with Crippen LogP contribution in [-0.2, 0) is 0 Å². The average Bonchev–Trinajstić information content (AvgIpc) is 2.66. The molecule has 0 spiro atoms. The Balaban J connectivity index is 1.62. The molecular weight excluding hydrogens is 328 g/mol. The van der Waals surface area contributed by atoms with Gasteiger partial charge < -0.3 is 15.4 Å². The zero-order chi connectivity index (χ0) is 18.4. The maximum atomic E-state index is 12.2. The number of anilines is 3. The molecule has 26 heavy (non-hydrogen) atoms. The summed E-state index contributed by atoms with van der Waals surface area (Å²) in [6, 6.07) is 18.5. The van der Waals surface area contributed by atoms with Gasteiger partial charge in [-0.15, -0.1) is 10.2 Å². The van der Waals surface area contributed by atoms with Gasteiger partial charge >= 0.3 is 0 Å². The van der Waals surface area contributed by atoms with E-state index < -0.39 is 0 Å². The summed E-state index contributed by atoms with van der Waals surface area (Å²) in [6.07, 6.45) is 0. The third-order valence-electron chi connectivity index (χ3n) is 3.64. The van der Waals surface area contributed by atoms with Gasteiger partial charge in [0.15, 0.2) is 11.5 Å². The summed E-state index contributed by atoms with van der Waals surface area (Å²) < 4.78 is 5.41. The SMILES string of the molecule is CCOc1ccc(Nc2ccc(C(=O)Nc3ccc(C)cc3)nn2)cc1. The molecule has 0 saturated carbocycles. The van der Waals surface area contributed by atoms with E-state index in [2.05, 4.69) is 20.8 Å². The van der Waals surface area contributed by atoms with Gasteiger partial charge in [0.25, 0.3) is 5.91 Å². The number of aromatic nitrogens is 2. The summed E-state index contributed by atoms with van der Waals surface area (Å²) in [5, 5.41) is 14.0. The number of benzene rings is 2. The van der Waals surface area contributed by atoms with Crippen LogP contribution in [0.5, 0.6) is 5.75 Å². The van der Waals surface area contributed by atoms with E-state index in [1.807, 2.05) is 62.4 Å². The second kappa shape index (κ2) is 8.11. The van der Waals surface area contributed by atoms with Crippen molar-refractivity contribution in [2.24, 2.45) is 0 Å². The number of carbonyl (C=O) groups excluding carboxylic acids is 1. The topological polar surface area (TPSA) is 76.1 Å². The summed E-state index contributed by atoms with van der Waals surface area (Å²) >= 11 is 0. The van der Waals surface area contributed by atoms with Gasteiger partial charge in [-0.1, -0.05) is 17.7 Å². The Morgan fingerprint density at radius 2 is 1.62 bits per heavy atom. The third-order valence-corrected chi connectivity index (χ3v) is 3.64. The van der Waals surface area contributed by atoms with Crippen LogP contribution in [-0.4, -0.2) is 22.7 Å². The van der Waals surface area contributed by atoms with Crippen molar-refractivity contribution in [1.29, 1.82) is 0 Å². The van der Waals surface area contributed by atoms with Crippen molar-refractivity contribution in [3.63, 3.8) is 0 Å². The van der Waals surface area contributed by atoms with E-state index in [-0.39, 0.29) is 11.6 Å². The van der Waals surface area contributed by atoms with Crippen molar-refractivity contribution < 1.29 is 9.53 Å². The first-order valence-corrected chi connectivity index (χ1v) is 8.35. The van der Waals surface area contributed by atoms with Crippen LogP contribution >= 0.6 is 0 Å². The predicted octanol–water partition coefficient (Wildman–Crippen LogP) is 4.18. The quantitative estimate of drug-likeness (QED) is 0.699. The fourth-order valence-corrected chi connectivity index (χ4v) is 2.30. The largest absolute Gasteiger partial charge is 0.494 e. The van der Waals surface area contributed by atoms with Crippen LogP contribution in [0.3, 0.4) is 0 Å². The molecule has 0 aliphatic rings. The van der Waals surface area contributed by atoms with Crippen LogP contribution in [0.1, 0.15) is 23.0 Å². The molecule has 0 atom stereocenters. The Hall–Kier alpha value is -3.41. The van der Waals surface area contributed by atoms with E-state index >= 15 is 0 Å².